The summed E-state index contributed by atoms with van der Waals surface area (Å²) in [5, 5.41) is 33.2. The molecule has 0 aliphatic heterocycles. The Morgan fingerprint density at radius 2 is 0.567 bits per heavy atom. The maximum Gasteiger partial charge on any atom is 0.330 e. The van der Waals surface area contributed by atoms with E-state index in [-0.39, 0.29) is 83.3 Å². The van der Waals surface area contributed by atoms with Crippen LogP contribution in [0.2, 0.25) is 0 Å². The molecule has 141 heavy (non-hydrogen) atoms. The summed E-state index contributed by atoms with van der Waals surface area (Å²) in [5.41, 5.74) is 32.9. The van der Waals surface area contributed by atoms with Gasteiger partial charge in [-0.25, -0.2) is 9.59 Å². The number of nitrogens with one attached hydrogen (secondary N) is 5. The van der Waals surface area contributed by atoms with Crippen molar-refractivity contribution in [3.05, 3.63) is 381 Å². The molecule has 5 amide bonds. The van der Waals surface area contributed by atoms with Crippen LogP contribution in [0, 0.1) is 0 Å². The molecule has 23 nitrogen and oxygen atoms in total. The van der Waals surface area contributed by atoms with Crippen molar-refractivity contribution >= 4 is 138 Å². The molecule has 0 aromatic heterocycles. The number of carbonyl (C=O) groups excluding carboxylic acids is 8. The lowest BCUT2D eigenvalue weighted by molar-refractivity contribution is -0.137. The van der Waals surface area contributed by atoms with Gasteiger partial charge >= 0.3 is 11.9 Å². The number of hydrogen-bond donors (Lipinski definition) is 8. The quantitative estimate of drug-likeness (QED) is 0.0184. The van der Waals surface area contributed by atoms with Crippen LogP contribution in [0.4, 0.5) is 28.4 Å². The maximum atomic E-state index is 12.6. The maximum absolute atomic E-state index is 12.6. The molecule has 0 bridgehead atoms. The van der Waals surface area contributed by atoms with Crippen molar-refractivity contribution in [1.82, 2.24) is 26.6 Å². The molecule has 11 aromatic carbocycles. The molecular weight excluding hydrogens is 1900 g/mol. The number of carboxylic acid groups (broad SMARTS) is 1. The largest absolute Gasteiger partial charge is 0.478 e. The van der Waals surface area contributed by atoms with E-state index in [1.807, 2.05) is 290 Å². The van der Waals surface area contributed by atoms with Crippen LogP contribution in [0.15, 0.2) is 264 Å². The van der Waals surface area contributed by atoms with Gasteiger partial charge in [0.2, 0.25) is 0 Å². The van der Waals surface area contributed by atoms with Crippen molar-refractivity contribution in [3.63, 3.8) is 0 Å². The summed E-state index contributed by atoms with van der Waals surface area (Å²) >= 11 is 6.94. The Morgan fingerprint density at radius 3 is 0.830 bits per heavy atom. The third-order valence-electron chi connectivity index (χ3n) is 25.7. The van der Waals surface area contributed by atoms with Gasteiger partial charge in [0.05, 0.1) is 36.8 Å². The smallest absolute Gasteiger partial charge is 0.330 e. The van der Waals surface area contributed by atoms with Crippen molar-refractivity contribution in [3.8, 4) is 0 Å². The summed E-state index contributed by atoms with van der Waals surface area (Å²) < 4.78 is 7.16. The van der Waals surface area contributed by atoms with E-state index in [0.29, 0.717) is 40.8 Å². The van der Waals surface area contributed by atoms with Gasteiger partial charge in [-0.1, -0.05) is 136 Å². The number of rotatable bonds is 26. The van der Waals surface area contributed by atoms with Crippen molar-refractivity contribution in [2.45, 2.75) is 134 Å². The first-order valence-electron chi connectivity index (χ1n) is 47.7. The highest BCUT2D eigenvalue weighted by molar-refractivity contribution is 9.10. The van der Waals surface area contributed by atoms with E-state index in [1.54, 1.807) is 31.2 Å². The SMILES string of the molecule is CCC(=O)/C=C/c1ccc2c(c1)CCC2NC(=O)c1ccc(N(C)C)cc1.CCOC(=O)/C=C/c1ccc2c(c1)CCC2NC(=O)c1ccc(N(C)C)cc1.CN(C)c1ccc(C(=O)NC2CCc3cc(/C=C/C(=O)CO)ccc32)cc1.CN(C)c1ccc(C(=O)NC2CCc3cc(/C=C/C(=O)O)ccc32)cc1.CN(C)c1ccc(C(=O)NC2CCc3cc(Br)ccc32)cc1.NC1CCc2cc(Br)ccc21. The Morgan fingerprint density at radius 1 is 0.326 bits per heavy atom. The average molecular weight is 2030 g/mol. The second-order valence-corrected chi connectivity index (χ2v) is 38.4. The van der Waals surface area contributed by atoms with E-state index in [2.05, 4.69) is 107 Å². The lowest BCUT2D eigenvalue weighted by atomic mass is 10.0. The average Bonchev–Trinajstić information content (AvgIpc) is 1.71. The number of aliphatic hydroxyl groups excluding tert-OH is 1. The molecule has 9 N–H and O–H groups in total. The molecule has 732 valence electrons. The summed E-state index contributed by atoms with van der Waals surface area (Å²) in [4.78, 5) is 117. The monoisotopic (exact) mass is 2020 g/mol. The summed E-state index contributed by atoms with van der Waals surface area (Å²) in [5.74, 6) is -1.76. The fraction of sp³-hybridized carbons (Fsp3) is 0.284. The van der Waals surface area contributed by atoms with Gasteiger partial charge in [-0.2, -0.15) is 0 Å². The van der Waals surface area contributed by atoms with Gasteiger partial charge < -0.3 is 71.8 Å². The Labute approximate surface area is 844 Å². The number of esters is 1. The molecule has 6 aliphatic carbocycles. The number of carboxylic acids is 1. The van der Waals surface area contributed by atoms with Gasteiger partial charge in [0.25, 0.3) is 29.5 Å². The number of aliphatic hydroxyl groups is 1. The molecular formula is C116H127Br2N11O12. The first-order chi connectivity index (χ1) is 67.7. The zero-order valence-electron chi connectivity index (χ0n) is 82.2. The molecule has 25 heteroatoms. The topological polar surface area (TPSA) is 306 Å². The number of ketones is 2. The van der Waals surface area contributed by atoms with Crippen molar-refractivity contribution in [2.24, 2.45) is 5.73 Å². The third kappa shape index (κ3) is 29.7. The van der Waals surface area contributed by atoms with Gasteiger partial charge in [0.15, 0.2) is 11.6 Å². The number of nitrogens with two attached hydrogens (primary N) is 1. The Balaban J connectivity index is 0.000000153. The predicted molar refractivity (Wildman–Crippen MR) is 574 cm³/mol. The summed E-state index contributed by atoms with van der Waals surface area (Å²) in [6, 6.07) is 75.1. The highest BCUT2D eigenvalue weighted by Gasteiger charge is 2.31. The number of nitrogens with zero attached hydrogens (tertiary/aromatic N) is 5. The number of aryl methyl sites for hydroxylation is 6. The molecule has 0 radical (unpaired) electrons. The zero-order valence-corrected chi connectivity index (χ0v) is 85.3. The molecule has 0 heterocycles. The van der Waals surface area contributed by atoms with Gasteiger partial charge in [-0.05, 0) is 343 Å². The van der Waals surface area contributed by atoms with Crippen LogP contribution in [0.5, 0.6) is 0 Å². The van der Waals surface area contributed by atoms with E-state index in [4.69, 9.17) is 20.7 Å². The molecule has 6 unspecified atom stereocenters. The number of fused-ring (bicyclic) bond motifs is 6. The van der Waals surface area contributed by atoms with Crippen molar-refractivity contribution in [2.75, 3.05) is 108 Å². The van der Waals surface area contributed by atoms with E-state index in [9.17, 15) is 43.2 Å². The molecule has 0 spiro atoms. The second kappa shape index (κ2) is 50.7. The second-order valence-electron chi connectivity index (χ2n) is 36.6. The minimum atomic E-state index is -0.962. The van der Waals surface area contributed by atoms with Gasteiger partial charge in [0, 0.05) is 160 Å². The molecule has 0 saturated heterocycles. The Kier molecular flexibility index (Phi) is 38.0. The van der Waals surface area contributed by atoms with Crippen LogP contribution in [0.3, 0.4) is 0 Å². The van der Waals surface area contributed by atoms with Gasteiger partial charge in [-0.15, -0.1) is 0 Å². The Bertz CT molecular complexity index is 6260. The molecule has 0 fully saturated rings. The van der Waals surface area contributed by atoms with Crippen LogP contribution in [0.1, 0.15) is 236 Å². The third-order valence-corrected chi connectivity index (χ3v) is 26.7. The highest BCUT2D eigenvalue weighted by Crippen LogP contribution is 2.39. The number of carbonyl (C=O) groups is 9. The standard InChI is InChI=1S/C23H26N2O3.C23H26N2O2.C22H24N2O3.C21H22N2O3.C18H19BrN2O.C9H10BrN/c1-4-28-22(26)14-6-16-5-12-20-18(15-16)9-13-21(20)24-23(27)17-7-10-19(11-8-17)25(2)3;1-4-20(26)12-5-16-6-13-21-18(15-16)9-14-22(21)24-23(27)17-7-10-19(11-8-17)25(2)3;1-24(2)18-8-5-16(6-9-18)22(27)23-21-12-7-17-13-15(4-11-20(17)21)3-10-19(26)14-25;1-23(2)17-8-5-15(6-9-17)21(26)22-19-11-7-16-13-14(3-10-18(16)19)4-12-20(24)25;1-21(2)15-7-3-12(4-8-15)18(22)20-17-10-5-13-11-14(19)6-9-16(13)17;10-7-2-3-8-6(5-7)1-4-9(8)11/h5-8,10-12,14-15,21H,4,9,13H2,1-3H3,(H,24,27);5-8,10-13,15,22H,4,9,14H2,1-3H3,(H,24,27);3-6,8-11,13,21,25H,7,12,14H2,1-2H3,(H,23,27);3-6,8-10,12-13,19H,7,11H2,1-2H3,(H,22,26)(H,24,25);3-4,6-9,11,17H,5,10H2,1-2H3,(H,20,22);2-3,5,9H,1,4,11H2/b14-6+;12-5+;10-3+;12-4+;;. The van der Waals surface area contributed by atoms with Crippen LogP contribution in [-0.2, 0) is 62.4 Å². The van der Waals surface area contributed by atoms with E-state index >= 15 is 0 Å². The highest BCUT2D eigenvalue weighted by atomic mass is 79.9. The molecule has 17 rings (SSSR count). The Hall–Kier alpha value is -14.1. The molecule has 6 atom stereocenters. The van der Waals surface area contributed by atoms with Crippen molar-refractivity contribution in [1.29, 1.82) is 0 Å². The minimum Gasteiger partial charge on any atom is -0.478 e. The predicted octanol–water partition coefficient (Wildman–Crippen LogP) is 20.2. The van der Waals surface area contributed by atoms with E-state index in [1.165, 1.54) is 56.7 Å². The zero-order chi connectivity index (χ0) is 101. The van der Waals surface area contributed by atoms with Crippen LogP contribution in [0.25, 0.3) is 24.3 Å². The van der Waals surface area contributed by atoms with Gasteiger partial charge in [-0.3, -0.25) is 33.6 Å². The fourth-order valence-electron chi connectivity index (χ4n) is 17.8. The first-order valence-corrected chi connectivity index (χ1v) is 49.3. The summed E-state index contributed by atoms with van der Waals surface area (Å²) in [6.07, 6.45) is 24.3. The summed E-state index contributed by atoms with van der Waals surface area (Å²) in [7, 11) is 19.7. The lowest BCUT2D eigenvalue weighted by Crippen LogP contribution is -2.27. The first kappa shape index (κ1) is 106. The van der Waals surface area contributed by atoms with Crippen LogP contribution in [-0.4, -0.2) is 147 Å². The number of halogens is 2. The lowest BCUT2D eigenvalue weighted by Gasteiger charge is -2.16. The molecule has 0 saturated carbocycles. The fourth-order valence-corrected chi connectivity index (χ4v) is 18.6. The number of amides is 5. The van der Waals surface area contributed by atoms with Crippen molar-refractivity contribution < 1.29 is 58.1 Å². The van der Waals surface area contributed by atoms with Gasteiger partial charge in [0.1, 0.15) is 6.61 Å². The van der Waals surface area contributed by atoms with Crippen LogP contribution < -0.4 is 56.8 Å². The van der Waals surface area contributed by atoms with Crippen LogP contribution >= 0.6 is 31.9 Å². The van der Waals surface area contributed by atoms with E-state index in [0.717, 1.165) is 165 Å². The number of benzene rings is 11. The number of allylic oxidation sites excluding steroid dienone is 1. The minimum absolute atomic E-state index is 0.00173. The summed E-state index contributed by atoms with van der Waals surface area (Å²) in [6.45, 7) is 3.53. The number of ether oxygens (including phenoxy) is 1. The number of anilines is 5. The van der Waals surface area contributed by atoms with E-state index < -0.39 is 12.6 Å². The molecule has 6 aliphatic rings. The number of hydrogen-bond acceptors (Lipinski definition) is 17. The number of aliphatic carboxylic acids is 1. The normalized spacial score (nSPS) is 16.1. The molecule has 11 aromatic rings.